The van der Waals surface area contributed by atoms with Crippen molar-refractivity contribution in [3.8, 4) is 5.75 Å². The van der Waals surface area contributed by atoms with Gasteiger partial charge in [-0.1, -0.05) is 31.5 Å². The first-order valence-corrected chi connectivity index (χ1v) is 9.56. The van der Waals surface area contributed by atoms with Gasteiger partial charge in [0.1, 0.15) is 5.75 Å². The molecule has 1 amide bonds. The molecule has 5 heteroatoms. The number of methoxy groups -OCH3 is 1. The summed E-state index contributed by atoms with van der Waals surface area (Å²) >= 11 is 0. The molecular weight excluding hydrogens is 314 g/mol. The van der Waals surface area contributed by atoms with Crippen LogP contribution in [0.15, 0.2) is 24.3 Å². The fourth-order valence-corrected chi connectivity index (χ4v) is 3.84. The highest BCUT2D eigenvalue weighted by Gasteiger charge is 2.30. The van der Waals surface area contributed by atoms with Gasteiger partial charge in [0.2, 0.25) is 5.91 Å². The standard InChI is InChI=1S/C20H31N3O2/c1-15(16-12-21-13-16)20(24)22-14-18(23-10-6-3-7-11-23)17-8-4-5-9-19(17)25-2/h4-5,8-9,15-16,18,21H,3,6-7,10-14H2,1-2H3,(H,22,24). The van der Waals surface area contributed by atoms with E-state index in [0.29, 0.717) is 12.5 Å². The molecule has 1 aromatic rings. The van der Waals surface area contributed by atoms with Crippen LogP contribution in [0.4, 0.5) is 0 Å². The molecular formula is C20H31N3O2. The van der Waals surface area contributed by atoms with Gasteiger partial charge < -0.3 is 15.4 Å². The van der Waals surface area contributed by atoms with E-state index in [1.165, 1.54) is 24.8 Å². The Labute approximate surface area is 151 Å². The zero-order valence-electron chi connectivity index (χ0n) is 15.5. The van der Waals surface area contributed by atoms with Crippen LogP contribution in [0.5, 0.6) is 5.75 Å². The predicted molar refractivity (Wildman–Crippen MR) is 99.7 cm³/mol. The summed E-state index contributed by atoms with van der Waals surface area (Å²) in [6.07, 6.45) is 3.75. The number of piperidine rings is 1. The zero-order valence-corrected chi connectivity index (χ0v) is 15.5. The molecule has 0 aromatic heterocycles. The third kappa shape index (κ3) is 4.33. The number of para-hydroxylation sites is 1. The second-order valence-corrected chi connectivity index (χ2v) is 7.31. The lowest BCUT2D eigenvalue weighted by Crippen LogP contribution is -2.50. The molecule has 2 N–H and O–H groups in total. The molecule has 0 bridgehead atoms. The lowest BCUT2D eigenvalue weighted by Gasteiger charge is -2.36. The Morgan fingerprint density at radius 3 is 2.64 bits per heavy atom. The highest BCUT2D eigenvalue weighted by molar-refractivity contribution is 5.78. The number of likely N-dealkylation sites (tertiary alicyclic amines) is 1. The average Bonchev–Trinajstić information content (AvgIpc) is 2.61. The van der Waals surface area contributed by atoms with Crippen LogP contribution in [0.25, 0.3) is 0 Å². The highest BCUT2D eigenvalue weighted by Crippen LogP contribution is 2.31. The summed E-state index contributed by atoms with van der Waals surface area (Å²) in [6.45, 7) is 6.76. The van der Waals surface area contributed by atoms with E-state index in [1.807, 2.05) is 19.1 Å². The molecule has 2 heterocycles. The molecule has 2 atom stereocenters. The van der Waals surface area contributed by atoms with Gasteiger partial charge in [-0.3, -0.25) is 9.69 Å². The number of nitrogens with zero attached hydrogens (tertiary/aromatic N) is 1. The number of carbonyl (C=O) groups is 1. The fraction of sp³-hybridized carbons (Fsp3) is 0.650. The fourth-order valence-electron chi connectivity index (χ4n) is 3.84. The molecule has 3 rings (SSSR count). The van der Waals surface area contributed by atoms with Crippen LogP contribution in [-0.2, 0) is 4.79 Å². The van der Waals surface area contributed by atoms with Crippen molar-refractivity contribution in [2.45, 2.75) is 32.2 Å². The molecule has 0 saturated carbocycles. The van der Waals surface area contributed by atoms with Crippen molar-refractivity contribution in [1.29, 1.82) is 0 Å². The number of benzene rings is 1. The van der Waals surface area contributed by atoms with E-state index >= 15 is 0 Å². The normalized spacial score (nSPS) is 21.2. The molecule has 1 aromatic carbocycles. The van der Waals surface area contributed by atoms with Gasteiger partial charge in [0.15, 0.2) is 0 Å². The monoisotopic (exact) mass is 345 g/mol. The van der Waals surface area contributed by atoms with Crippen LogP contribution in [0, 0.1) is 11.8 Å². The summed E-state index contributed by atoms with van der Waals surface area (Å²) in [5.74, 6) is 1.62. The molecule has 2 unspecified atom stereocenters. The first kappa shape index (κ1) is 18.2. The van der Waals surface area contributed by atoms with Gasteiger partial charge in [-0.05, 0) is 51.0 Å². The van der Waals surface area contributed by atoms with Gasteiger partial charge in [0.05, 0.1) is 13.2 Å². The summed E-state index contributed by atoms with van der Waals surface area (Å²) in [5, 5.41) is 6.46. The number of ether oxygens (including phenoxy) is 1. The Bertz CT molecular complexity index is 568. The van der Waals surface area contributed by atoms with Gasteiger partial charge in [0, 0.05) is 18.0 Å². The minimum Gasteiger partial charge on any atom is -0.496 e. The van der Waals surface area contributed by atoms with Crippen molar-refractivity contribution in [2.75, 3.05) is 39.8 Å². The van der Waals surface area contributed by atoms with E-state index in [9.17, 15) is 4.79 Å². The molecule has 2 aliphatic rings. The Kier molecular flexibility index (Phi) is 6.32. The average molecular weight is 345 g/mol. The van der Waals surface area contributed by atoms with E-state index in [2.05, 4.69) is 27.7 Å². The van der Waals surface area contributed by atoms with Crippen LogP contribution in [0.3, 0.4) is 0 Å². The smallest absolute Gasteiger partial charge is 0.223 e. The van der Waals surface area contributed by atoms with Crippen molar-refractivity contribution in [3.63, 3.8) is 0 Å². The maximum atomic E-state index is 12.6. The highest BCUT2D eigenvalue weighted by atomic mass is 16.5. The number of amides is 1. The maximum Gasteiger partial charge on any atom is 0.223 e. The van der Waals surface area contributed by atoms with Gasteiger partial charge in [-0.2, -0.15) is 0 Å². The van der Waals surface area contributed by atoms with Gasteiger partial charge in [-0.25, -0.2) is 0 Å². The summed E-state index contributed by atoms with van der Waals surface area (Å²) in [5.41, 5.74) is 1.17. The Balaban J connectivity index is 1.70. The second-order valence-electron chi connectivity index (χ2n) is 7.31. The van der Waals surface area contributed by atoms with Crippen molar-refractivity contribution in [1.82, 2.24) is 15.5 Å². The molecule has 0 spiro atoms. The maximum absolute atomic E-state index is 12.6. The number of carbonyl (C=O) groups excluding carboxylic acids is 1. The van der Waals surface area contributed by atoms with E-state index < -0.39 is 0 Å². The van der Waals surface area contributed by atoms with Crippen LogP contribution in [-0.4, -0.2) is 50.6 Å². The zero-order chi connectivity index (χ0) is 17.6. The van der Waals surface area contributed by atoms with Crippen molar-refractivity contribution < 1.29 is 9.53 Å². The van der Waals surface area contributed by atoms with Crippen LogP contribution in [0.1, 0.15) is 37.8 Å². The number of hydrogen-bond donors (Lipinski definition) is 2. The third-order valence-corrected chi connectivity index (χ3v) is 5.73. The Hall–Kier alpha value is -1.59. The molecule has 25 heavy (non-hydrogen) atoms. The third-order valence-electron chi connectivity index (χ3n) is 5.73. The van der Waals surface area contributed by atoms with E-state index in [-0.39, 0.29) is 17.9 Å². The second kappa shape index (κ2) is 8.68. The van der Waals surface area contributed by atoms with E-state index in [4.69, 9.17) is 4.74 Å². The molecule has 0 aliphatic carbocycles. The number of rotatable bonds is 7. The molecule has 0 radical (unpaired) electrons. The topological polar surface area (TPSA) is 53.6 Å². The minimum absolute atomic E-state index is 0.0703. The van der Waals surface area contributed by atoms with Crippen molar-refractivity contribution in [2.24, 2.45) is 11.8 Å². The minimum atomic E-state index is 0.0703. The number of hydrogen-bond acceptors (Lipinski definition) is 4. The quantitative estimate of drug-likeness (QED) is 0.795. The Morgan fingerprint density at radius 2 is 2.00 bits per heavy atom. The first-order chi connectivity index (χ1) is 12.2. The van der Waals surface area contributed by atoms with E-state index in [0.717, 1.165) is 31.9 Å². The summed E-state index contributed by atoms with van der Waals surface area (Å²) in [4.78, 5) is 15.1. The van der Waals surface area contributed by atoms with Crippen molar-refractivity contribution >= 4 is 5.91 Å². The van der Waals surface area contributed by atoms with E-state index in [1.54, 1.807) is 7.11 Å². The van der Waals surface area contributed by atoms with Crippen molar-refractivity contribution in [3.05, 3.63) is 29.8 Å². The van der Waals surface area contributed by atoms with Gasteiger partial charge in [-0.15, -0.1) is 0 Å². The molecule has 5 nitrogen and oxygen atoms in total. The SMILES string of the molecule is COc1ccccc1C(CNC(=O)C(C)C1CNC1)N1CCCCC1. The molecule has 2 fully saturated rings. The van der Waals surface area contributed by atoms with Crippen LogP contribution < -0.4 is 15.4 Å². The Morgan fingerprint density at radius 1 is 1.28 bits per heavy atom. The lowest BCUT2D eigenvalue weighted by molar-refractivity contribution is -0.127. The van der Waals surface area contributed by atoms with Gasteiger partial charge in [0.25, 0.3) is 0 Å². The van der Waals surface area contributed by atoms with Gasteiger partial charge >= 0.3 is 0 Å². The van der Waals surface area contributed by atoms with Crippen LogP contribution >= 0.6 is 0 Å². The number of nitrogens with one attached hydrogen (secondary N) is 2. The lowest BCUT2D eigenvalue weighted by atomic mass is 9.88. The molecule has 2 saturated heterocycles. The van der Waals surface area contributed by atoms with Crippen LogP contribution in [0.2, 0.25) is 0 Å². The predicted octanol–water partition coefficient (Wildman–Crippen LogP) is 2.19. The molecule has 2 aliphatic heterocycles. The summed E-state index contributed by atoms with van der Waals surface area (Å²) in [6, 6.07) is 8.37. The summed E-state index contributed by atoms with van der Waals surface area (Å²) in [7, 11) is 1.72. The summed E-state index contributed by atoms with van der Waals surface area (Å²) < 4.78 is 5.59. The molecule has 138 valence electrons. The first-order valence-electron chi connectivity index (χ1n) is 9.56. The largest absolute Gasteiger partial charge is 0.496 e.